The lowest BCUT2D eigenvalue weighted by molar-refractivity contribution is -0.105. The van der Waals surface area contributed by atoms with Crippen LogP contribution in [0.5, 0.6) is 5.75 Å². The van der Waals surface area contributed by atoms with Crippen LogP contribution in [0.25, 0.3) is 0 Å². The fraction of sp³-hybridized carbons (Fsp3) is 0.333. The normalized spacial score (nSPS) is 13.2. The molecule has 0 saturated carbocycles. The number of alkyl halides is 3. The SMILES string of the molecule is COc1ccc(B(O)O)cc1[S@](=O)CC(F)(F)F. The maximum absolute atomic E-state index is 12.2. The molecule has 4 nitrogen and oxygen atoms in total. The minimum Gasteiger partial charge on any atom is -0.495 e. The Morgan fingerprint density at radius 2 is 2.00 bits per heavy atom. The molecule has 0 fully saturated rings. The molecule has 1 aromatic rings. The Balaban J connectivity index is 3.12. The molecule has 18 heavy (non-hydrogen) atoms. The molecule has 0 heterocycles. The van der Waals surface area contributed by atoms with Gasteiger partial charge in [-0.25, -0.2) is 0 Å². The first kappa shape index (κ1) is 15.0. The van der Waals surface area contributed by atoms with E-state index in [1.807, 2.05) is 0 Å². The summed E-state index contributed by atoms with van der Waals surface area (Å²) < 4.78 is 52.8. The van der Waals surface area contributed by atoms with Crippen LogP contribution in [-0.2, 0) is 10.8 Å². The monoisotopic (exact) mass is 282 g/mol. The summed E-state index contributed by atoms with van der Waals surface area (Å²) in [5.74, 6) is -1.52. The number of hydrogen-bond donors (Lipinski definition) is 2. The summed E-state index contributed by atoms with van der Waals surface area (Å²) in [6.45, 7) is 0. The molecule has 1 aromatic carbocycles. The predicted molar refractivity (Wildman–Crippen MR) is 60.2 cm³/mol. The summed E-state index contributed by atoms with van der Waals surface area (Å²) in [4.78, 5) is -0.222. The molecule has 0 aromatic heterocycles. The zero-order chi connectivity index (χ0) is 13.9. The number of rotatable bonds is 4. The zero-order valence-electron chi connectivity index (χ0n) is 9.27. The van der Waals surface area contributed by atoms with Gasteiger partial charge < -0.3 is 14.8 Å². The van der Waals surface area contributed by atoms with Crippen LogP contribution in [0.4, 0.5) is 13.2 Å². The lowest BCUT2D eigenvalue weighted by Gasteiger charge is -2.11. The maximum Gasteiger partial charge on any atom is 0.488 e. The van der Waals surface area contributed by atoms with Crippen LogP contribution in [0.1, 0.15) is 0 Å². The molecule has 0 saturated heterocycles. The second kappa shape index (κ2) is 5.72. The first-order valence-corrected chi connectivity index (χ1v) is 6.05. The highest BCUT2D eigenvalue weighted by Gasteiger charge is 2.32. The van der Waals surface area contributed by atoms with E-state index in [4.69, 9.17) is 14.8 Å². The molecule has 1 atom stereocenters. The summed E-state index contributed by atoms with van der Waals surface area (Å²) >= 11 is 0. The van der Waals surface area contributed by atoms with Gasteiger partial charge in [-0.05, 0) is 17.6 Å². The van der Waals surface area contributed by atoms with Gasteiger partial charge in [-0.2, -0.15) is 13.2 Å². The molecule has 0 aliphatic rings. The van der Waals surface area contributed by atoms with E-state index in [0.717, 1.165) is 6.07 Å². The molecular weight excluding hydrogens is 272 g/mol. The van der Waals surface area contributed by atoms with Crippen LogP contribution in [0.15, 0.2) is 23.1 Å². The Morgan fingerprint density at radius 3 is 2.44 bits per heavy atom. The summed E-state index contributed by atoms with van der Waals surface area (Å²) in [6, 6.07) is 3.52. The zero-order valence-corrected chi connectivity index (χ0v) is 10.1. The fourth-order valence-corrected chi connectivity index (χ4v) is 2.35. The third kappa shape index (κ3) is 4.00. The van der Waals surface area contributed by atoms with Crippen LogP contribution >= 0.6 is 0 Å². The summed E-state index contributed by atoms with van der Waals surface area (Å²) in [7, 11) is -2.99. The first-order chi connectivity index (χ1) is 8.24. The van der Waals surface area contributed by atoms with E-state index in [1.165, 1.54) is 19.2 Å². The second-order valence-electron chi connectivity index (χ2n) is 3.39. The Hall–Kier alpha value is -1.06. The lowest BCUT2D eigenvalue weighted by atomic mass is 9.80. The van der Waals surface area contributed by atoms with Crippen molar-refractivity contribution in [1.29, 1.82) is 0 Å². The fourth-order valence-electron chi connectivity index (χ4n) is 1.26. The van der Waals surface area contributed by atoms with Crippen molar-refractivity contribution in [2.24, 2.45) is 0 Å². The quantitative estimate of drug-likeness (QED) is 0.765. The van der Waals surface area contributed by atoms with Crippen LogP contribution in [0, 0.1) is 0 Å². The minimum absolute atomic E-state index is 0.00184. The van der Waals surface area contributed by atoms with Gasteiger partial charge in [0.25, 0.3) is 0 Å². The van der Waals surface area contributed by atoms with Gasteiger partial charge in [0, 0.05) is 0 Å². The number of halogens is 3. The van der Waals surface area contributed by atoms with Gasteiger partial charge >= 0.3 is 13.3 Å². The lowest BCUT2D eigenvalue weighted by Crippen LogP contribution is -2.30. The van der Waals surface area contributed by atoms with Gasteiger partial charge in [0.05, 0.1) is 22.8 Å². The molecule has 0 aliphatic carbocycles. The molecule has 1 rings (SSSR count). The summed E-state index contributed by atoms with van der Waals surface area (Å²) in [5, 5.41) is 17.8. The number of benzene rings is 1. The maximum atomic E-state index is 12.2. The van der Waals surface area contributed by atoms with Gasteiger partial charge in [0.1, 0.15) is 11.5 Å². The van der Waals surface area contributed by atoms with E-state index < -0.39 is 29.8 Å². The van der Waals surface area contributed by atoms with Crippen molar-refractivity contribution in [3.05, 3.63) is 18.2 Å². The highest BCUT2D eigenvalue weighted by Crippen LogP contribution is 2.25. The molecule has 0 aliphatic heterocycles. The molecule has 0 amide bonds. The van der Waals surface area contributed by atoms with E-state index in [2.05, 4.69) is 0 Å². The smallest absolute Gasteiger partial charge is 0.488 e. The van der Waals surface area contributed by atoms with Crippen LogP contribution in [-0.4, -0.2) is 40.4 Å². The third-order valence-corrected chi connectivity index (χ3v) is 3.42. The van der Waals surface area contributed by atoms with E-state index in [1.54, 1.807) is 0 Å². The topological polar surface area (TPSA) is 66.8 Å². The molecule has 9 heteroatoms. The standard InChI is InChI=1S/C9H10BF3O4S/c1-17-7-3-2-6(10(14)15)4-8(7)18(16)5-9(11,12)13/h2-4,14-15H,5H2,1H3/t18-/m1/s1. The van der Waals surface area contributed by atoms with Crippen molar-refractivity contribution in [2.75, 3.05) is 12.9 Å². The number of hydrogen-bond acceptors (Lipinski definition) is 4. The molecule has 0 spiro atoms. The third-order valence-electron chi connectivity index (χ3n) is 2.03. The molecule has 100 valence electrons. The van der Waals surface area contributed by atoms with E-state index in [9.17, 15) is 17.4 Å². The Bertz CT molecular complexity index is 450. The Labute approximate surface area is 104 Å². The van der Waals surface area contributed by atoms with Crippen molar-refractivity contribution in [3.8, 4) is 5.75 Å². The van der Waals surface area contributed by atoms with Crippen molar-refractivity contribution in [2.45, 2.75) is 11.1 Å². The van der Waals surface area contributed by atoms with E-state index in [0.29, 0.717) is 0 Å². The van der Waals surface area contributed by atoms with Crippen LogP contribution < -0.4 is 10.2 Å². The van der Waals surface area contributed by atoms with Crippen molar-refractivity contribution in [3.63, 3.8) is 0 Å². The largest absolute Gasteiger partial charge is 0.495 e. The van der Waals surface area contributed by atoms with E-state index in [-0.39, 0.29) is 16.1 Å². The van der Waals surface area contributed by atoms with Crippen LogP contribution in [0.2, 0.25) is 0 Å². The molecule has 0 radical (unpaired) electrons. The predicted octanol–water partition coefficient (Wildman–Crippen LogP) is 0.0449. The summed E-state index contributed by atoms with van der Waals surface area (Å²) in [5.41, 5.74) is -0.0543. The van der Waals surface area contributed by atoms with Crippen molar-refractivity contribution < 1.29 is 32.2 Å². The average molecular weight is 282 g/mol. The molecular formula is C9H10BF3O4S. The molecule has 0 bridgehead atoms. The highest BCUT2D eigenvalue weighted by atomic mass is 32.2. The molecule has 2 N–H and O–H groups in total. The average Bonchev–Trinajstić information content (AvgIpc) is 2.25. The Kier molecular flexibility index (Phi) is 4.77. The van der Waals surface area contributed by atoms with Gasteiger partial charge in [-0.3, -0.25) is 4.21 Å². The number of methoxy groups -OCH3 is 1. The van der Waals surface area contributed by atoms with Crippen molar-refractivity contribution >= 4 is 23.4 Å². The van der Waals surface area contributed by atoms with Gasteiger partial charge in [-0.1, -0.05) is 6.07 Å². The van der Waals surface area contributed by atoms with Gasteiger partial charge in [0.2, 0.25) is 0 Å². The van der Waals surface area contributed by atoms with Crippen LogP contribution in [0.3, 0.4) is 0 Å². The minimum atomic E-state index is -4.58. The van der Waals surface area contributed by atoms with Gasteiger partial charge in [0.15, 0.2) is 0 Å². The van der Waals surface area contributed by atoms with E-state index >= 15 is 0 Å². The summed E-state index contributed by atoms with van der Waals surface area (Å²) in [6.07, 6.45) is -4.58. The van der Waals surface area contributed by atoms with Gasteiger partial charge in [-0.15, -0.1) is 0 Å². The second-order valence-corrected chi connectivity index (χ2v) is 4.81. The Morgan fingerprint density at radius 1 is 1.39 bits per heavy atom. The highest BCUT2D eigenvalue weighted by molar-refractivity contribution is 7.85. The van der Waals surface area contributed by atoms with Crippen molar-refractivity contribution in [1.82, 2.24) is 0 Å². The number of ether oxygens (including phenoxy) is 1. The molecule has 0 unspecified atom stereocenters. The first-order valence-electron chi connectivity index (χ1n) is 4.74.